The zero-order chi connectivity index (χ0) is 5.98. The zero-order valence-corrected chi connectivity index (χ0v) is 4.92. The van der Waals surface area contributed by atoms with Crippen molar-refractivity contribution in [2.75, 3.05) is 6.61 Å². The van der Waals surface area contributed by atoms with Crippen molar-refractivity contribution >= 4 is 6.02 Å². The fraction of sp³-hybridized carbons (Fsp3) is 0.800. The van der Waals surface area contributed by atoms with E-state index < -0.39 is 0 Å². The first-order valence-corrected chi connectivity index (χ1v) is 2.79. The van der Waals surface area contributed by atoms with Crippen molar-refractivity contribution in [3.05, 3.63) is 0 Å². The van der Waals surface area contributed by atoms with E-state index in [1.165, 1.54) is 0 Å². The number of rotatable bonds is 1. The van der Waals surface area contributed by atoms with Crippen molar-refractivity contribution in [1.29, 1.82) is 0 Å². The first kappa shape index (κ1) is 5.41. The number of hydrogen-bond donors (Lipinski definition) is 1. The highest BCUT2D eigenvalue weighted by Crippen LogP contribution is 2.03. The average Bonchev–Trinajstić information content (AvgIpc) is 2.14. The van der Waals surface area contributed by atoms with Crippen molar-refractivity contribution in [2.45, 2.75) is 19.4 Å². The Labute approximate surface area is 48.5 Å². The molecule has 3 nitrogen and oxygen atoms in total. The van der Waals surface area contributed by atoms with Crippen LogP contribution in [0.15, 0.2) is 4.99 Å². The lowest BCUT2D eigenvalue weighted by atomic mass is 10.3. The molecule has 0 radical (unpaired) electrons. The Kier molecular flexibility index (Phi) is 1.37. The minimum atomic E-state index is 0.315. The molecule has 1 atom stereocenters. The number of nitrogens with two attached hydrogens (primary N) is 1. The van der Waals surface area contributed by atoms with Crippen molar-refractivity contribution in [3.8, 4) is 0 Å². The van der Waals surface area contributed by atoms with Crippen LogP contribution in [0.4, 0.5) is 0 Å². The fourth-order valence-corrected chi connectivity index (χ4v) is 0.645. The molecule has 0 saturated carbocycles. The van der Waals surface area contributed by atoms with E-state index in [-0.39, 0.29) is 0 Å². The maximum Gasteiger partial charge on any atom is 0.282 e. The van der Waals surface area contributed by atoms with Gasteiger partial charge in [-0.1, -0.05) is 6.92 Å². The van der Waals surface area contributed by atoms with Gasteiger partial charge in [-0.25, -0.2) is 4.99 Å². The van der Waals surface area contributed by atoms with Crippen molar-refractivity contribution in [3.63, 3.8) is 0 Å². The molecule has 0 amide bonds. The quantitative estimate of drug-likeness (QED) is 0.526. The van der Waals surface area contributed by atoms with Crippen molar-refractivity contribution in [2.24, 2.45) is 10.7 Å². The number of hydrogen-bond acceptors (Lipinski definition) is 3. The van der Waals surface area contributed by atoms with Gasteiger partial charge in [-0.05, 0) is 6.42 Å². The van der Waals surface area contributed by atoms with Crippen LogP contribution in [0.25, 0.3) is 0 Å². The Hall–Kier alpha value is -0.730. The Bertz CT molecular complexity index is 111. The molecule has 0 bridgehead atoms. The molecule has 8 heavy (non-hydrogen) atoms. The van der Waals surface area contributed by atoms with Crippen molar-refractivity contribution in [1.82, 2.24) is 0 Å². The van der Waals surface area contributed by atoms with Gasteiger partial charge in [0.1, 0.15) is 6.61 Å². The van der Waals surface area contributed by atoms with Crippen LogP contribution in [-0.4, -0.2) is 18.7 Å². The third-order valence-corrected chi connectivity index (χ3v) is 1.20. The Balaban J connectivity index is 2.41. The number of nitrogens with zero attached hydrogens (tertiary/aromatic N) is 1. The summed E-state index contributed by atoms with van der Waals surface area (Å²) in [4.78, 5) is 3.98. The van der Waals surface area contributed by atoms with Crippen LogP contribution in [0.5, 0.6) is 0 Å². The molecule has 0 aromatic heterocycles. The summed E-state index contributed by atoms with van der Waals surface area (Å²) >= 11 is 0. The van der Waals surface area contributed by atoms with E-state index in [1.807, 2.05) is 0 Å². The van der Waals surface area contributed by atoms with E-state index in [9.17, 15) is 0 Å². The van der Waals surface area contributed by atoms with Gasteiger partial charge in [0.15, 0.2) is 0 Å². The normalized spacial score (nSPS) is 27.1. The highest BCUT2D eigenvalue weighted by atomic mass is 16.5. The van der Waals surface area contributed by atoms with Gasteiger partial charge in [0.2, 0.25) is 0 Å². The molecule has 0 aromatic rings. The minimum absolute atomic E-state index is 0.315. The molecule has 0 unspecified atom stereocenters. The molecule has 3 heteroatoms. The molecule has 1 heterocycles. The summed E-state index contributed by atoms with van der Waals surface area (Å²) in [5, 5.41) is 0. The molecule has 1 aliphatic rings. The lowest BCUT2D eigenvalue weighted by molar-refractivity contribution is 0.310. The second kappa shape index (κ2) is 2.03. The van der Waals surface area contributed by atoms with Gasteiger partial charge in [0.25, 0.3) is 6.02 Å². The summed E-state index contributed by atoms with van der Waals surface area (Å²) in [5.74, 6) is 0. The molecular weight excluding hydrogens is 104 g/mol. The molecule has 0 aliphatic carbocycles. The van der Waals surface area contributed by atoms with Crippen LogP contribution in [-0.2, 0) is 4.74 Å². The van der Waals surface area contributed by atoms with E-state index in [2.05, 4.69) is 11.9 Å². The molecule has 2 N–H and O–H groups in total. The predicted molar refractivity (Wildman–Crippen MR) is 31.7 cm³/mol. The summed E-state index contributed by atoms with van der Waals surface area (Å²) in [5.41, 5.74) is 5.23. The number of amidine groups is 1. The van der Waals surface area contributed by atoms with E-state index in [1.54, 1.807) is 0 Å². The van der Waals surface area contributed by atoms with Crippen LogP contribution >= 0.6 is 0 Å². The van der Waals surface area contributed by atoms with Gasteiger partial charge in [0.05, 0.1) is 6.04 Å². The average molecular weight is 114 g/mol. The number of aliphatic imine (C=N–C) groups is 1. The summed E-state index contributed by atoms with van der Waals surface area (Å²) < 4.78 is 4.88. The molecule has 0 fully saturated rings. The van der Waals surface area contributed by atoms with Gasteiger partial charge in [-0.15, -0.1) is 0 Å². The summed E-state index contributed by atoms with van der Waals surface area (Å²) in [6.07, 6.45) is 1.01. The minimum Gasteiger partial charge on any atom is -0.463 e. The molecule has 0 saturated heterocycles. The Morgan fingerprint density at radius 3 is 3.00 bits per heavy atom. The van der Waals surface area contributed by atoms with Crippen LogP contribution in [0.1, 0.15) is 13.3 Å². The molecule has 1 rings (SSSR count). The van der Waals surface area contributed by atoms with Crippen LogP contribution in [0.2, 0.25) is 0 Å². The van der Waals surface area contributed by atoms with E-state index >= 15 is 0 Å². The fourth-order valence-electron chi connectivity index (χ4n) is 0.645. The summed E-state index contributed by atoms with van der Waals surface area (Å²) in [7, 11) is 0. The van der Waals surface area contributed by atoms with Gasteiger partial charge < -0.3 is 10.5 Å². The maximum atomic E-state index is 5.23. The molecule has 1 aliphatic heterocycles. The predicted octanol–water partition coefficient (Wildman–Crippen LogP) is 0.110. The number of ether oxygens (including phenoxy) is 1. The van der Waals surface area contributed by atoms with Gasteiger partial charge in [-0.2, -0.15) is 0 Å². The van der Waals surface area contributed by atoms with Gasteiger partial charge in [-0.3, -0.25) is 0 Å². The third kappa shape index (κ3) is 0.911. The van der Waals surface area contributed by atoms with Crippen LogP contribution in [0, 0.1) is 0 Å². The second-order valence-electron chi connectivity index (χ2n) is 1.84. The summed E-state index contributed by atoms with van der Waals surface area (Å²) in [6.45, 7) is 2.73. The maximum absolute atomic E-state index is 5.23. The highest BCUT2D eigenvalue weighted by molar-refractivity contribution is 5.72. The molecule has 0 aromatic carbocycles. The topological polar surface area (TPSA) is 47.6 Å². The van der Waals surface area contributed by atoms with Crippen LogP contribution < -0.4 is 5.73 Å². The SMILES string of the molecule is CC[C@@H]1COC(N)=N1. The monoisotopic (exact) mass is 114 g/mol. The van der Waals surface area contributed by atoms with E-state index in [0.29, 0.717) is 18.7 Å². The van der Waals surface area contributed by atoms with Gasteiger partial charge in [0, 0.05) is 0 Å². The highest BCUT2D eigenvalue weighted by Gasteiger charge is 2.12. The first-order valence-electron chi connectivity index (χ1n) is 2.79. The second-order valence-corrected chi connectivity index (χ2v) is 1.84. The molecule has 46 valence electrons. The Morgan fingerprint density at radius 2 is 2.75 bits per heavy atom. The lowest BCUT2D eigenvalue weighted by Crippen LogP contribution is -2.10. The van der Waals surface area contributed by atoms with Gasteiger partial charge >= 0.3 is 0 Å². The van der Waals surface area contributed by atoms with E-state index in [4.69, 9.17) is 10.5 Å². The first-order chi connectivity index (χ1) is 3.83. The lowest BCUT2D eigenvalue weighted by Gasteiger charge is -1.95. The molecule has 0 spiro atoms. The van der Waals surface area contributed by atoms with Crippen LogP contribution in [0.3, 0.4) is 0 Å². The standard InChI is InChI=1S/C5H10N2O/c1-2-4-3-8-5(6)7-4/h4H,2-3H2,1H3,(H2,6,7)/t4-/m1/s1. The summed E-state index contributed by atoms with van der Waals surface area (Å²) in [6, 6.07) is 0.659. The van der Waals surface area contributed by atoms with E-state index in [0.717, 1.165) is 6.42 Å². The third-order valence-electron chi connectivity index (χ3n) is 1.20. The Morgan fingerprint density at radius 1 is 2.00 bits per heavy atom. The largest absolute Gasteiger partial charge is 0.463 e. The van der Waals surface area contributed by atoms with Crippen molar-refractivity contribution < 1.29 is 4.74 Å². The smallest absolute Gasteiger partial charge is 0.282 e. The zero-order valence-electron chi connectivity index (χ0n) is 4.92. The molecular formula is C5H10N2O.